The van der Waals surface area contributed by atoms with Gasteiger partial charge in [-0.15, -0.1) is 0 Å². The molecule has 0 saturated heterocycles. The quantitative estimate of drug-likeness (QED) is 0.811. The van der Waals surface area contributed by atoms with Crippen LogP contribution >= 0.6 is 0 Å². The minimum absolute atomic E-state index is 0.00681. The van der Waals surface area contributed by atoms with Crippen molar-refractivity contribution >= 4 is 11.6 Å². The molecule has 1 fully saturated rings. The molecule has 0 radical (unpaired) electrons. The molecule has 2 rings (SSSR count). The number of hydrogen-bond donors (Lipinski definition) is 2. The second-order valence-corrected chi connectivity index (χ2v) is 6.10. The molecule has 2 N–H and O–H groups in total. The number of hydrogen-bond acceptors (Lipinski definition) is 3. The summed E-state index contributed by atoms with van der Waals surface area (Å²) in [6, 6.07) is 8.47. The number of carbonyl (C=O) groups is 1. The molecule has 1 aromatic carbocycles. The Bertz CT molecular complexity index is 452. The Labute approximate surface area is 127 Å². The van der Waals surface area contributed by atoms with Crippen molar-refractivity contribution in [1.82, 2.24) is 4.90 Å². The highest BCUT2D eigenvalue weighted by Gasteiger charge is 2.25. The maximum absolute atomic E-state index is 12.1. The van der Waals surface area contributed by atoms with Gasteiger partial charge in [0, 0.05) is 18.3 Å². The average Bonchev–Trinajstić information content (AvgIpc) is 2.37. The molecule has 0 heterocycles. The van der Waals surface area contributed by atoms with E-state index in [0.29, 0.717) is 25.0 Å². The Hall–Kier alpha value is -1.39. The monoisotopic (exact) mass is 290 g/mol. The standard InChI is InChI=1S/C17H26N2O2/c1-13(2)14-6-8-15(9-7-14)18-17(21)12-19(10-11-20)16-4-3-5-16/h6-9,13,16,20H,3-5,10-12H2,1-2H3,(H,18,21). The van der Waals surface area contributed by atoms with Crippen molar-refractivity contribution in [1.29, 1.82) is 0 Å². The second kappa shape index (κ2) is 7.57. The van der Waals surface area contributed by atoms with Crippen molar-refractivity contribution in [3.63, 3.8) is 0 Å². The summed E-state index contributed by atoms with van der Waals surface area (Å²) in [7, 11) is 0. The number of rotatable bonds is 7. The number of amides is 1. The maximum Gasteiger partial charge on any atom is 0.238 e. The Kier molecular flexibility index (Phi) is 5.76. The van der Waals surface area contributed by atoms with Gasteiger partial charge in [-0.05, 0) is 36.5 Å². The summed E-state index contributed by atoms with van der Waals surface area (Å²) in [5.41, 5.74) is 2.10. The third kappa shape index (κ3) is 4.55. The van der Waals surface area contributed by atoms with Crippen LogP contribution in [-0.4, -0.2) is 41.7 Å². The van der Waals surface area contributed by atoms with Gasteiger partial charge in [-0.25, -0.2) is 0 Å². The molecule has 1 aliphatic carbocycles. The molecule has 0 aromatic heterocycles. The van der Waals surface area contributed by atoms with E-state index in [0.717, 1.165) is 18.5 Å². The number of nitrogens with one attached hydrogen (secondary N) is 1. The molecule has 0 aliphatic heterocycles. The van der Waals surface area contributed by atoms with Gasteiger partial charge in [-0.1, -0.05) is 32.4 Å². The first-order valence-corrected chi connectivity index (χ1v) is 7.85. The van der Waals surface area contributed by atoms with Gasteiger partial charge >= 0.3 is 0 Å². The third-order valence-corrected chi connectivity index (χ3v) is 4.19. The summed E-state index contributed by atoms with van der Waals surface area (Å²) < 4.78 is 0. The van der Waals surface area contributed by atoms with Crippen LogP contribution in [0.1, 0.15) is 44.6 Å². The molecule has 21 heavy (non-hydrogen) atoms. The molecule has 116 valence electrons. The number of carbonyl (C=O) groups excluding carboxylic acids is 1. The molecule has 0 unspecified atom stereocenters. The smallest absolute Gasteiger partial charge is 0.238 e. The summed E-state index contributed by atoms with van der Waals surface area (Å²) in [6.07, 6.45) is 3.50. The minimum Gasteiger partial charge on any atom is -0.395 e. The highest BCUT2D eigenvalue weighted by molar-refractivity contribution is 5.92. The average molecular weight is 290 g/mol. The Balaban J connectivity index is 1.87. The van der Waals surface area contributed by atoms with E-state index in [9.17, 15) is 4.79 Å². The van der Waals surface area contributed by atoms with Gasteiger partial charge in [0.15, 0.2) is 0 Å². The van der Waals surface area contributed by atoms with Crippen molar-refractivity contribution in [3.8, 4) is 0 Å². The SMILES string of the molecule is CC(C)c1ccc(NC(=O)CN(CCO)C2CCC2)cc1. The molecule has 4 nitrogen and oxygen atoms in total. The first-order chi connectivity index (χ1) is 10.1. The van der Waals surface area contributed by atoms with Crippen molar-refractivity contribution < 1.29 is 9.90 Å². The fourth-order valence-electron chi connectivity index (χ4n) is 2.61. The number of anilines is 1. The van der Waals surface area contributed by atoms with Crippen LogP contribution < -0.4 is 5.32 Å². The third-order valence-electron chi connectivity index (χ3n) is 4.19. The number of aliphatic hydroxyl groups is 1. The van der Waals surface area contributed by atoms with Crippen LogP contribution in [0.5, 0.6) is 0 Å². The summed E-state index contributed by atoms with van der Waals surface area (Å²) in [6.45, 7) is 5.34. The Morgan fingerprint density at radius 3 is 2.48 bits per heavy atom. The van der Waals surface area contributed by atoms with E-state index >= 15 is 0 Å². The maximum atomic E-state index is 12.1. The van der Waals surface area contributed by atoms with Crippen molar-refractivity contribution in [2.75, 3.05) is 25.0 Å². The van der Waals surface area contributed by atoms with E-state index in [1.807, 2.05) is 12.1 Å². The number of benzene rings is 1. The van der Waals surface area contributed by atoms with Crippen LogP contribution in [0.3, 0.4) is 0 Å². The topological polar surface area (TPSA) is 52.6 Å². The number of aliphatic hydroxyl groups excluding tert-OH is 1. The molecule has 1 aliphatic rings. The summed E-state index contributed by atoms with van der Waals surface area (Å²) in [5, 5.41) is 12.1. The largest absolute Gasteiger partial charge is 0.395 e. The summed E-state index contributed by atoms with van der Waals surface area (Å²) in [5.74, 6) is 0.487. The van der Waals surface area contributed by atoms with Crippen molar-refractivity contribution in [2.24, 2.45) is 0 Å². The zero-order valence-electron chi connectivity index (χ0n) is 13.0. The fourth-order valence-corrected chi connectivity index (χ4v) is 2.61. The number of nitrogens with zero attached hydrogens (tertiary/aromatic N) is 1. The predicted octanol–water partition coefficient (Wildman–Crippen LogP) is 2.60. The first kappa shape index (κ1) is 16.0. The Morgan fingerprint density at radius 1 is 1.33 bits per heavy atom. The van der Waals surface area contributed by atoms with E-state index in [-0.39, 0.29) is 12.5 Å². The van der Waals surface area contributed by atoms with Crippen molar-refractivity contribution in [3.05, 3.63) is 29.8 Å². The summed E-state index contributed by atoms with van der Waals surface area (Å²) in [4.78, 5) is 14.2. The van der Waals surface area contributed by atoms with Crippen LogP contribution in [-0.2, 0) is 4.79 Å². The lowest BCUT2D eigenvalue weighted by atomic mass is 9.91. The molecule has 0 spiro atoms. The van der Waals surface area contributed by atoms with E-state index < -0.39 is 0 Å². The van der Waals surface area contributed by atoms with E-state index in [2.05, 4.69) is 36.2 Å². The zero-order valence-corrected chi connectivity index (χ0v) is 13.0. The molecule has 1 saturated carbocycles. The second-order valence-electron chi connectivity index (χ2n) is 6.10. The zero-order chi connectivity index (χ0) is 15.2. The van der Waals surface area contributed by atoms with Gasteiger partial charge in [0.2, 0.25) is 5.91 Å². The van der Waals surface area contributed by atoms with Gasteiger partial charge in [0.1, 0.15) is 0 Å². The fraction of sp³-hybridized carbons (Fsp3) is 0.588. The van der Waals surface area contributed by atoms with E-state index in [4.69, 9.17) is 5.11 Å². The van der Waals surface area contributed by atoms with Gasteiger partial charge < -0.3 is 10.4 Å². The molecule has 1 aromatic rings. The predicted molar refractivity (Wildman–Crippen MR) is 85.5 cm³/mol. The van der Waals surface area contributed by atoms with Gasteiger partial charge in [0.25, 0.3) is 0 Å². The minimum atomic E-state index is -0.00681. The molecule has 4 heteroatoms. The van der Waals surface area contributed by atoms with Crippen LogP contribution in [0.2, 0.25) is 0 Å². The van der Waals surface area contributed by atoms with Crippen LogP contribution in [0, 0.1) is 0 Å². The molecular formula is C17H26N2O2. The molecule has 0 bridgehead atoms. The lowest BCUT2D eigenvalue weighted by Gasteiger charge is -2.36. The highest BCUT2D eigenvalue weighted by Crippen LogP contribution is 2.24. The van der Waals surface area contributed by atoms with Gasteiger partial charge in [-0.3, -0.25) is 9.69 Å². The lowest BCUT2D eigenvalue weighted by Crippen LogP contribution is -2.45. The van der Waals surface area contributed by atoms with Crippen LogP contribution in [0.25, 0.3) is 0 Å². The van der Waals surface area contributed by atoms with E-state index in [1.165, 1.54) is 12.0 Å². The first-order valence-electron chi connectivity index (χ1n) is 7.85. The lowest BCUT2D eigenvalue weighted by molar-refractivity contribution is -0.118. The van der Waals surface area contributed by atoms with Crippen LogP contribution in [0.15, 0.2) is 24.3 Å². The molecule has 1 amide bonds. The van der Waals surface area contributed by atoms with E-state index in [1.54, 1.807) is 0 Å². The highest BCUT2D eigenvalue weighted by atomic mass is 16.3. The van der Waals surface area contributed by atoms with Crippen LogP contribution in [0.4, 0.5) is 5.69 Å². The molecular weight excluding hydrogens is 264 g/mol. The van der Waals surface area contributed by atoms with Gasteiger partial charge in [-0.2, -0.15) is 0 Å². The van der Waals surface area contributed by atoms with Gasteiger partial charge in [0.05, 0.1) is 13.2 Å². The Morgan fingerprint density at radius 2 is 2.00 bits per heavy atom. The molecule has 0 atom stereocenters. The normalized spacial score (nSPS) is 15.3. The van der Waals surface area contributed by atoms with Crippen molar-refractivity contribution in [2.45, 2.75) is 45.1 Å². The summed E-state index contributed by atoms with van der Waals surface area (Å²) >= 11 is 0.